The lowest BCUT2D eigenvalue weighted by Crippen LogP contribution is -2.29. The van der Waals surface area contributed by atoms with Crippen molar-refractivity contribution in [1.29, 1.82) is 0 Å². The van der Waals surface area contributed by atoms with E-state index in [1.54, 1.807) is 0 Å². The fourth-order valence-electron chi connectivity index (χ4n) is 1.67. The third kappa shape index (κ3) is 1.75. The smallest absolute Gasteiger partial charge is 0.294 e. The second-order valence-corrected chi connectivity index (χ2v) is 4.01. The van der Waals surface area contributed by atoms with E-state index in [0.717, 1.165) is 23.2 Å². The van der Waals surface area contributed by atoms with Crippen molar-refractivity contribution in [3.05, 3.63) is 35.5 Å². The van der Waals surface area contributed by atoms with Crippen molar-refractivity contribution in [2.24, 2.45) is 0 Å². The molecule has 0 bridgehead atoms. The molecule has 2 aromatic rings. The second kappa shape index (κ2) is 4.21. The van der Waals surface area contributed by atoms with Gasteiger partial charge in [0.15, 0.2) is 0 Å². The van der Waals surface area contributed by atoms with E-state index in [4.69, 9.17) is 0 Å². The summed E-state index contributed by atoms with van der Waals surface area (Å²) in [6, 6.07) is 1.87. The summed E-state index contributed by atoms with van der Waals surface area (Å²) in [6.07, 6.45) is 1.14. The third-order valence-electron chi connectivity index (χ3n) is 2.58. The highest BCUT2D eigenvalue weighted by molar-refractivity contribution is 6.44. The highest BCUT2D eigenvalue weighted by atomic mass is 19.1. The first-order chi connectivity index (χ1) is 8.43. The van der Waals surface area contributed by atoms with Crippen LogP contribution in [0.2, 0.25) is 0 Å². The second-order valence-electron chi connectivity index (χ2n) is 4.01. The van der Waals surface area contributed by atoms with E-state index in [9.17, 15) is 18.4 Å². The van der Waals surface area contributed by atoms with Gasteiger partial charge in [-0.15, -0.1) is 0 Å². The maximum Gasteiger partial charge on any atom is 0.294 e. The number of amides is 1. The number of carbonyl (C=O) groups excluding carboxylic acids is 2. The average Bonchev–Trinajstić information content (AvgIpc) is 2.77. The Morgan fingerprint density at radius 1 is 1.17 bits per heavy atom. The van der Waals surface area contributed by atoms with Crippen molar-refractivity contribution >= 4 is 22.6 Å². The van der Waals surface area contributed by atoms with Crippen LogP contribution in [0.25, 0.3) is 10.9 Å². The lowest BCUT2D eigenvalue weighted by Gasteiger charge is -2.08. The number of benzene rings is 1. The molecular formula is C12H10F2N2O2. The fraction of sp³-hybridized carbons (Fsp3) is 0.167. The van der Waals surface area contributed by atoms with Gasteiger partial charge in [0.1, 0.15) is 11.6 Å². The van der Waals surface area contributed by atoms with Crippen LogP contribution in [-0.2, 0) is 4.79 Å². The summed E-state index contributed by atoms with van der Waals surface area (Å²) >= 11 is 0. The van der Waals surface area contributed by atoms with Crippen LogP contribution in [0.15, 0.2) is 18.3 Å². The molecule has 0 fully saturated rings. The molecule has 1 aromatic heterocycles. The molecule has 1 amide bonds. The number of ketones is 1. The van der Waals surface area contributed by atoms with Crippen LogP contribution in [0.3, 0.4) is 0 Å². The molecule has 1 heterocycles. The highest BCUT2D eigenvalue weighted by Gasteiger charge is 2.24. The Balaban J connectivity index is 2.63. The summed E-state index contributed by atoms with van der Waals surface area (Å²) in [7, 11) is 2.82. The van der Waals surface area contributed by atoms with Gasteiger partial charge in [0, 0.05) is 25.7 Å². The number of likely N-dealkylation sites (N-methyl/N-ethyl adjacent to an activating group) is 1. The number of nitrogens with one attached hydrogen (secondary N) is 1. The highest BCUT2D eigenvalue weighted by Crippen LogP contribution is 2.24. The van der Waals surface area contributed by atoms with E-state index >= 15 is 0 Å². The maximum absolute atomic E-state index is 13.6. The SMILES string of the molecule is CN(C)C(=O)C(=O)c1c[nH]c2c(F)ccc(F)c12. The predicted octanol–water partition coefficient (Wildman–Crippen LogP) is 1.72. The molecule has 4 nitrogen and oxygen atoms in total. The first-order valence-corrected chi connectivity index (χ1v) is 5.14. The van der Waals surface area contributed by atoms with Crippen LogP contribution in [0.1, 0.15) is 10.4 Å². The van der Waals surface area contributed by atoms with E-state index in [0.29, 0.717) is 0 Å². The molecule has 18 heavy (non-hydrogen) atoms. The summed E-state index contributed by atoms with van der Waals surface area (Å²) < 4.78 is 27.0. The Morgan fingerprint density at radius 3 is 2.39 bits per heavy atom. The Bertz CT molecular complexity index is 647. The molecule has 1 aromatic carbocycles. The molecule has 0 spiro atoms. The fourth-order valence-corrected chi connectivity index (χ4v) is 1.67. The van der Waals surface area contributed by atoms with Gasteiger partial charge >= 0.3 is 0 Å². The Kier molecular flexibility index (Phi) is 2.86. The van der Waals surface area contributed by atoms with Gasteiger partial charge in [-0.1, -0.05) is 0 Å². The Morgan fingerprint density at radius 2 is 1.78 bits per heavy atom. The zero-order chi connectivity index (χ0) is 13.4. The minimum Gasteiger partial charge on any atom is -0.358 e. The van der Waals surface area contributed by atoms with Crippen LogP contribution < -0.4 is 0 Å². The molecule has 0 saturated heterocycles. The summed E-state index contributed by atoms with van der Waals surface area (Å²) in [5.41, 5.74) is -0.286. The van der Waals surface area contributed by atoms with Crippen LogP contribution in [0, 0.1) is 11.6 Å². The predicted molar refractivity (Wildman–Crippen MR) is 61.2 cm³/mol. The van der Waals surface area contributed by atoms with E-state index in [-0.39, 0.29) is 16.5 Å². The number of aromatic amines is 1. The number of rotatable bonds is 2. The number of Topliss-reactive ketones (excluding diaryl/α,β-unsaturated/α-hetero) is 1. The summed E-state index contributed by atoms with van der Waals surface area (Å²) in [4.78, 5) is 26.9. The normalized spacial score (nSPS) is 10.7. The maximum atomic E-state index is 13.6. The zero-order valence-corrected chi connectivity index (χ0v) is 9.75. The van der Waals surface area contributed by atoms with Crippen molar-refractivity contribution in [1.82, 2.24) is 9.88 Å². The van der Waals surface area contributed by atoms with Crippen molar-refractivity contribution in [2.45, 2.75) is 0 Å². The third-order valence-corrected chi connectivity index (χ3v) is 2.58. The van der Waals surface area contributed by atoms with E-state index in [2.05, 4.69) is 4.98 Å². The quantitative estimate of drug-likeness (QED) is 0.653. The van der Waals surface area contributed by atoms with Crippen LogP contribution in [-0.4, -0.2) is 35.7 Å². The molecule has 0 radical (unpaired) electrons. The number of hydrogen-bond acceptors (Lipinski definition) is 2. The van der Waals surface area contributed by atoms with Crippen molar-refractivity contribution < 1.29 is 18.4 Å². The number of hydrogen-bond donors (Lipinski definition) is 1. The molecule has 94 valence electrons. The van der Waals surface area contributed by atoms with Gasteiger partial charge < -0.3 is 9.88 Å². The van der Waals surface area contributed by atoms with Gasteiger partial charge in [-0.2, -0.15) is 0 Å². The number of fused-ring (bicyclic) bond motifs is 1. The van der Waals surface area contributed by atoms with Gasteiger partial charge in [0.25, 0.3) is 11.7 Å². The number of aromatic nitrogens is 1. The molecular weight excluding hydrogens is 242 g/mol. The zero-order valence-electron chi connectivity index (χ0n) is 9.75. The lowest BCUT2D eigenvalue weighted by atomic mass is 10.1. The summed E-state index contributed by atoms with van der Waals surface area (Å²) in [6.45, 7) is 0. The molecule has 2 rings (SSSR count). The topological polar surface area (TPSA) is 53.2 Å². The van der Waals surface area contributed by atoms with Crippen molar-refractivity contribution in [2.75, 3.05) is 14.1 Å². The molecule has 6 heteroatoms. The molecule has 0 atom stereocenters. The standard InChI is InChI=1S/C12H10F2N2O2/c1-16(2)12(18)11(17)6-5-15-10-8(14)4-3-7(13)9(6)10/h3-5,15H,1-2H3. The van der Waals surface area contributed by atoms with Gasteiger partial charge in [-0.3, -0.25) is 9.59 Å². The minimum absolute atomic E-state index is 0.120. The number of halogens is 2. The molecule has 1 N–H and O–H groups in total. The Labute approximate surface area is 101 Å². The van der Waals surface area contributed by atoms with Crippen molar-refractivity contribution in [3.63, 3.8) is 0 Å². The van der Waals surface area contributed by atoms with Gasteiger partial charge in [0.2, 0.25) is 0 Å². The number of H-pyrrole nitrogens is 1. The largest absolute Gasteiger partial charge is 0.358 e. The minimum atomic E-state index is -0.879. The van der Waals surface area contributed by atoms with Gasteiger partial charge in [0.05, 0.1) is 11.1 Å². The first-order valence-electron chi connectivity index (χ1n) is 5.14. The molecule has 0 aliphatic carbocycles. The average molecular weight is 252 g/mol. The lowest BCUT2D eigenvalue weighted by molar-refractivity contribution is -0.124. The number of nitrogens with zero attached hydrogens (tertiary/aromatic N) is 1. The van der Waals surface area contributed by atoms with Crippen LogP contribution in [0.4, 0.5) is 8.78 Å². The molecule has 0 unspecified atom stereocenters. The van der Waals surface area contributed by atoms with Crippen LogP contribution >= 0.6 is 0 Å². The number of carbonyl (C=O) groups is 2. The summed E-state index contributed by atoms with van der Waals surface area (Å²) in [5.74, 6) is -3.10. The molecule has 0 aliphatic rings. The van der Waals surface area contributed by atoms with Gasteiger partial charge in [-0.05, 0) is 12.1 Å². The molecule has 0 saturated carbocycles. The van der Waals surface area contributed by atoms with E-state index < -0.39 is 23.3 Å². The van der Waals surface area contributed by atoms with Crippen LogP contribution in [0.5, 0.6) is 0 Å². The Hall–Kier alpha value is -2.24. The summed E-state index contributed by atoms with van der Waals surface area (Å²) in [5, 5.41) is -0.199. The van der Waals surface area contributed by atoms with Gasteiger partial charge in [-0.25, -0.2) is 8.78 Å². The molecule has 0 aliphatic heterocycles. The van der Waals surface area contributed by atoms with Crippen molar-refractivity contribution in [3.8, 4) is 0 Å². The monoisotopic (exact) mass is 252 g/mol. The first kappa shape index (κ1) is 12.2. The van der Waals surface area contributed by atoms with E-state index in [1.807, 2.05) is 0 Å². The van der Waals surface area contributed by atoms with E-state index in [1.165, 1.54) is 14.1 Å².